The van der Waals surface area contributed by atoms with Gasteiger partial charge in [0.25, 0.3) is 0 Å². The highest BCUT2D eigenvalue weighted by atomic mass is 35.5. The maximum absolute atomic E-state index is 13.2. The molecule has 0 fully saturated rings. The van der Waals surface area contributed by atoms with E-state index in [2.05, 4.69) is 14.9 Å². The second-order valence-electron chi connectivity index (χ2n) is 3.26. The lowest BCUT2D eigenvalue weighted by molar-refractivity contribution is 0.0481. The van der Waals surface area contributed by atoms with E-state index in [-0.39, 0.29) is 23.4 Å². The molecule has 0 aliphatic rings. The van der Waals surface area contributed by atoms with E-state index in [0.717, 1.165) is 6.07 Å². The number of carbonyl (C=O) groups is 1. The third-order valence-corrected chi connectivity index (χ3v) is 2.35. The summed E-state index contributed by atoms with van der Waals surface area (Å²) >= 11 is 5.55. The highest BCUT2D eigenvalue weighted by Crippen LogP contribution is 2.23. The van der Waals surface area contributed by atoms with E-state index in [1.807, 2.05) is 0 Å². The number of nitrogens with zero attached hydrogens (tertiary/aromatic N) is 2. The second-order valence-corrected chi connectivity index (χ2v) is 3.67. The second kappa shape index (κ2) is 5.14. The number of hydrogen-bond acceptors (Lipinski definition) is 5. The van der Waals surface area contributed by atoms with Crippen molar-refractivity contribution < 1.29 is 18.3 Å². The summed E-state index contributed by atoms with van der Waals surface area (Å²) in [5, 5.41) is 7.14. The predicted molar refractivity (Wildman–Crippen MR) is 60.7 cm³/mol. The Labute approximate surface area is 107 Å². The third-order valence-electron chi connectivity index (χ3n) is 2.04. The molecule has 1 heterocycles. The molecule has 0 bridgehead atoms. The van der Waals surface area contributed by atoms with Gasteiger partial charge in [-0.2, -0.15) is 0 Å². The first-order valence-corrected chi connectivity index (χ1v) is 5.45. The molecule has 18 heavy (non-hydrogen) atoms. The van der Waals surface area contributed by atoms with Gasteiger partial charge in [-0.3, -0.25) is 0 Å². The molecule has 0 unspecified atom stereocenters. The standard InChI is InChI=1S/C11H8ClFN2O3/c1-2-17-11(16)10-15-14-9(18-10)6-3-4-7(12)8(13)5-6/h3-5H,2H2,1H3. The number of hydrogen-bond donors (Lipinski definition) is 0. The molecule has 5 nitrogen and oxygen atoms in total. The number of esters is 1. The number of halogens is 2. The first-order valence-electron chi connectivity index (χ1n) is 5.08. The molecule has 0 saturated heterocycles. The van der Waals surface area contributed by atoms with Crippen LogP contribution >= 0.6 is 11.6 Å². The fourth-order valence-corrected chi connectivity index (χ4v) is 1.36. The Morgan fingerprint density at radius 1 is 1.50 bits per heavy atom. The van der Waals surface area contributed by atoms with Crippen molar-refractivity contribution in [3.63, 3.8) is 0 Å². The summed E-state index contributed by atoms with van der Waals surface area (Å²) in [6.45, 7) is 1.86. The van der Waals surface area contributed by atoms with Crippen molar-refractivity contribution in [2.45, 2.75) is 6.92 Å². The Morgan fingerprint density at radius 3 is 2.94 bits per heavy atom. The van der Waals surface area contributed by atoms with Crippen molar-refractivity contribution in [1.29, 1.82) is 0 Å². The summed E-state index contributed by atoms with van der Waals surface area (Å²) < 4.78 is 23.0. The van der Waals surface area contributed by atoms with E-state index >= 15 is 0 Å². The van der Waals surface area contributed by atoms with Gasteiger partial charge in [-0.1, -0.05) is 11.6 Å². The topological polar surface area (TPSA) is 65.2 Å². The molecular formula is C11H8ClFN2O3. The number of rotatable bonds is 3. The van der Waals surface area contributed by atoms with Crippen LogP contribution in [0.15, 0.2) is 22.6 Å². The van der Waals surface area contributed by atoms with Gasteiger partial charge in [0.05, 0.1) is 11.6 Å². The monoisotopic (exact) mass is 270 g/mol. The van der Waals surface area contributed by atoms with Gasteiger partial charge in [0.1, 0.15) is 5.82 Å². The summed E-state index contributed by atoms with van der Waals surface area (Å²) in [5.74, 6) is -1.58. The average Bonchev–Trinajstić information content (AvgIpc) is 2.82. The van der Waals surface area contributed by atoms with Crippen molar-refractivity contribution in [3.05, 3.63) is 34.9 Å². The fraction of sp³-hybridized carbons (Fsp3) is 0.182. The van der Waals surface area contributed by atoms with Crippen molar-refractivity contribution in [2.24, 2.45) is 0 Å². The molecule has 0 atom stereocenters. The van der Waals surface area contributed by atoms with Crippen LogP contribution in [-0.2, 0) is 4.74 Å². The first kappa shape index (κ1) is 12.5. The Balaban J connectivity index is 2.29. The minimum absolute atomic E-state index is 0.0103. The highest BCUT2D eigenvalue weighted by molar-refractivity contribution is 6.30. The zero-order valence-corrected chi connectivity index (χ0v) is 10.1. The Hall–Kier alpha value is -1.95. The lowest BCUT2D eigenvalue weighted by Gasteiger charge is -1.97. The molecular weight excluding hydrogens is 263 g/mol. The van der Waals surface area contributed by atoms with Gasteiger partial charge in [0.15, 0.2) is 0 Å². The number of benzene rings is 1. The van der Waals surface area contributed by atoms with Gasteiger partial charge >= 0.3 is 11.9 Å². The molecule has 0 radical (unpaired) electrons. The van der Waals surface area contributed by atoms with Crippen LogP contribution in [0.2, 0.25) is 5.02 Å². The molecule has 0 aliphatic heterocycles. The molecule has 0 spiro atoms. The van der Waals surface area contributed by atoms with Gasteiger partial charge in [0, 0.05) is 5.56 Å². The minimum atomic E-state index is -0.717. The predicted octanol–water partition coefficient (Wildman–Crippen LogP) is 2.71. The molecule has 1 aromatic heterocycles. The largest absolute Gasteiger partial charge is 0.459 e. The maximum atomic E-state index is 13.2. The van der Waals surface area contributed by atoms with Crippen LogP contribution in [-0.4, -0.2) is 22.8 Å². The Bertz CT molecular complexity index is 585. The van der Waals surface area contributed by atoms with Crippen molar-refractivity contribution in [3.8, 4) is 11.5 Å². The van der Waals surface area contributed by atoms with Crippen LogP contribution in [0, 0.1) is 5.82 Å². The Kier molecular flexibility index (Phi) is 3.57. The smallest absolute Gasteiger partial charge is 0.396 e. The van der Waals surface area contributed by atoms with E-state index in [1.54, 1.807) is 6.92 Å². The third kappa shape index (κ3) is 2.48. The highest BCUT2D eigenvalue weighted by Gasteiger charge is 2.17. The summed E-state index contributed by atoms with van der Waals surface area (Å²) in [4.78, 5) is 11.3. The van der Waals surface area contributed by atoms with E-state index in [1.165, 1.54) is 12.1 Å². The molecule has 94 valence electrons. The molecule has 2 aromatic rings. The van der Waals surface area contributed by atoms with Crippen LogP contribution in [0.5, 0.6) is 0 Å². The molecule has 0 amide bonds. The number of aromatic nitrogens is 2. The van der Waals surface area contributed by atoms with Gasteiger partial charge < -0.3 is 9.15 Å². The molecule has 0 N–H and O–H groups in total. The molecule has 1 aromatic carbocycles. The van der Waals surface area contributed by atoms with Crippen LogP contribution in [0.25, 0.3) is 11.5 Å². The van der Waals surface area contributed by atoms with Crippen molar-refractivity contribution in [2.75, 3.05) is 6.61 Å². The van der Waals surface area contributed by atoms with Crippen LogP contribution in [0.1, 0.15) is 17.6 Å². The average molecular weight is 271 g/mol. The van der Waals surface area contributed by atoms with E-state index in [4.69, 9.17) is 16.0 Å². The summed E-state index contributed by atoms with van der Waals surface area (Å²) in [6, 6.07) is 4.01. The zero-order chi connectivity index (χ0) is 13.1. The number of ether oxygens (including phenoxy) is 1. The lowest BCUT2D eigenvalue weighted by Crippen LogP contribution is -2.04. The fourth-order valence-electron chi connectivity index (χ4n) is 1.24. The zero-order valence-electron chi connectivity index (χ0n) is 9.31. The maximum Gasteiger partial charge on any atom is 0.396 e. The molecule has 0 saturated carbocycles. The van der Waals surface area contributed by atoms with E-state index < -0.39 is 11.8 Å². The van der Waals surface area contributed by atoms with E-state index in [9.17, 15) is 9.18 Å². The molecule has 2 rings (SSSR count). The summed E-state index contributed by atoms with van der Waals surface area (Å²) in [6.07, 6.45) is 0. The van der Waals surface area contributed by atoms with E-state index in [0.29, 0.717) is 5.56 Å². The SMILES string of the molecule is CCOC(=O)c1nnc(-c2ccc(Cl)c(F)c2)o1. The van der Waals surface area contributed by atoms with Crippen molar-refractivity contribution in [1.82, 2.24) is 10.2 Å². The quantitative estimate of drug-likeness (QED) is 0.802. The molecule has 0 aliphatic carbocycles. The Morgan fingerprint density at radius 2 is 2.28 bits per heavy atom. The number of carbonyl (C=O) groups excluding carboxylic acids is 1. The molecule has 7 heteroatoms. The van der Waals surface area contributed by atoms with Crippen LogP contribution < -0.4 is 0 Å². The normalized spacial score (nSPS) is 10.4. The van der Waals surface area contributed by atoms with Gasteiger partial charge in [-0.25, -0.2) is 9.18 Å². The summed E-state index contributed by atoms with van der Waals surface area (Å²) in [7, 11) is 0. The summed E-state index contributed by atoms with van der Waals surface area (Å²) in [5.41, 5.74) is 0.333. The van der Waals surface area contributed by atoms with Gasteiger partial charge in [-0.05, 0) is 25.1 Å². The van der Waals surface area contributed by atoms with Gasteiger partial charge in [-0.15, -0.1) is 10.2 Å². The first-order chi connectivity index (χ1) is 8.61. The van der Waals surface area contributed by atoms with Crippen LogP contribution in [0.4, 0.5) is 4.39 Å². The minimum Gasteiger partial charge on any atom is -0.459 e. The van der Waals surface area contributed by atoms with Gasteiger partial charge in [0.2, 0.25) is 5.89 Å². The lowest BCUT2D eigenvalue weighted by atomic mass is 10.2. The van der Waals surface area contributed by atoms with Crippen molar-refractivity contribution >= 4 is 17.6 Å². The van der Waals surface area contributed by atoms with Crippen LogP contribution in [0.3, 0.4) is 0 Å².